The van der Waals surface area contributed by atoms with Crippen molar-refractivity contribution in [3.05, 3.63) is 86.0 Å². The van der Waals surface area contributed by atoms with Gasteiger partial charge in [0.05, 0.1) is 22.8 Å². The van der Waals surface area contributed by atoms with Crippen molar-refractivity contribution in [1.82, 2.24) is 0 Å². The van der Waals surface area contributed by atoms with Crippen molar-refractivity contribution in [2.45, 2.75) is 72.1 Å². The summed E-state index contributed by atoms with van der Waals surface area (Å²) >= 11 is 0. The lowest BCUT2D eigenvalue weighted by molar-refractivity contribution is -0.385. The van der Waals surface area contributed by atoms with E-state index in [1.807, 2.05) is 26.0 Å². The predicted molar refractivity (Wildman–Crippen MR) is 161 cm³/mol. The number of anilines is 1. The fourth-order valence-electron chi connectivity index (χ4n) is 6.59. The van der Waals surface area contributed by atoms with Crippen LogP contribution in [0.4, 0.5) is 11.4 Å². The van der Waals surface area contributed by atoms with Crippen molar-refractivity contribution in [2.75, 3.05) is 12.3 Å². The van der Waals surface area contributed by atoms with E-state index in [1.54, 1.807) is 18.2 Å². The van der Waals surface area contributed by atoms with Crippen LogP contribution in [-0.2, 0) is 0 Å². The number of benzene rings is 3. The lowest BCUT2D eigenvalue weighted by Gasteiger charge is -2.29. The zero-order chi connectivity index (χ0) is 29.3. The number of nitrogens with zero attached hydrogens (tertiary/aromatic N) is 1. The molecule has 214 valence electrons. The zero-order valence-corrected chi connectivity index (χ0v) is 24.1. The minimum atomic E-state index is -0.614. The maximum Gasteiger partial charge on any atom is 0.282 e. The highest BCUT2D eigenvalue weighted by Gasteiger charge is 2.38. The van der Waals surface area contributed by atoms with Crippen LogP contribution in [0.2, 0.25) is 0 Å². The van der Waals surface area contributed by atoms with Crippen LogP contribution in [0.15, 0.2) is 42.5 Å². The molecule has 0 spiro atoms. The summed E-state index contributed by atoms with van der Waals surface area (Å²) in [6.07, 6.45) is 10.2. The van der Waals surface area contributed by atoms with Crippen molar-refractivity contribution in [2.24, 2.45) is 11.8 Å². The minimum Gasteiger partial charge on any atom is -0.493 e. The van der Waals surface area contributed by atoms with Gasteiger partial charge >= 0.3 is 0 Å². The summed E-state index contributed by atoms with van der Waals surface area (Å²) in [5.41, 5.74) is 8.98. The standard InChI is InChI=1S/C34H38N2O5/c1-4-5-6-9-22-12-14-23(15-13-22)19-41-34-20(2)16-24(17-21(34)3)27-18-28(36(39)40)29-30(31(27)35)33(38)26-11-8-7-10-25(26)32(29)37/h7-8,10-11,16-18,22-23H,4-6,9,12-15,19,35H2,1-3H3. The number of carbonyl (C=O) groups excluding carboxylic acids is 2. The number of rotatable bonds is 9. The molecule has 0 aromatic heterocycles. The van der Waals surface area contributed by atoms with Crippen LogP contribution in [-0.4, -0.2) is 23.1 Å². The lowest BCUT2D eigenvalue weighted by Crippen LogP contribution is -2.24. The number of ether oxygens (including phenoxy) is 1. The van der Waals surface area contributed by atoms with Gasteiger partial charge in [-0.05, 0) is 67.3 Å². The first-order chi connectivity index (χ1) is 19.7. The number of nitro benzene ring substituents is 1. The molecule has 0 radical (unpaired) electrons. The van der Waals surface area contributed by atoms with Crippen molar-refractivity contribution >= 4 is 22.9 Å². The third-order valence-corrected chi connectivity index (χ3v) is 8.83. The second-order valence-electron chi connectivity index (χ2n) is 11.7. The summed E-state index contributed by atoms with van der Waals surface area (Å²) in [5.74, 6) is 1.16. The summed E-state index contributed by atoms with van der Waals surface area (Å²) < 4.78 is 6.35. The van der Waals surface area contributed by atoms with Crippen LogP contribution in [0, 0.1) is 35.8 Å². The van der Waals surface area contributed by atoms with E-state index in [0.29, 0.717) is 23.7 Å². The maximum absolute atomic E-state index is 13.5. The molecular formula is C34H38N2O5. The Morgan fingerprint density at radius 3 is 2.05 bits per heavy atom. The number of hydrogen-bond acceptors (Lipinski definition) is 6. The normalized spacial score (nSPS) is 18.1. The fourth-order valence-corrected chi connectivity index (χ4v) is 6.59. The largest absolute Gasteiger partial charge is 0.493 e. The van der Waals surface area contributed by atoms with Crippen LogP contribution in [0.1, 0.15) is 101 Å². The number of nitrogens with two attached hydrogens (primary N) is 1. The van der Waals surface area contributed by atoms with Gasteiger partial charge in [0.15, 0.2) is 5.78 Å². The Kier molecular flexibility index (Phi) is 8.25. The van der Waals surface area contributed by atoms with Crippen LogP contribution < -0.4 is 10.5 Å². The van der Waals surface area contributed by atoms with Crippen LogP contribution in [0.5, 0.6) is 5.75 Å². The van der Waals surface area contributed by atoms with Crippen molar-refractivity contribution in [3.8, 4) is 16.9 Å². The number of hydrogen-bond donors (Lipinski definition) is 1. The van der Waals surface area contributed by atoms with E-state index >= 15 is 0 Å². The average Bonchev–Trinajstić information content (AvgIpc) is 2.96. The molecule has 7 nitrogen and oxygen atoms in total. The quantitative estimate of drug-likeness (QED) is 0.0970. The molecule has 0 amide bonds. The number of ketones is 2. The van der Waals surface area contributed by atoms with Crippen molar-refractivity contribution < 1.29 is 19.2 Å². The highest BCUT2D eigenvalue weighted by atomic mass is 16.6. The Morgan fingerprint density at radius 1 is 0.878 bits per heavy atom. The zero-order valence-electron chi connectivity index (χ0n) is 24.1. The molecule has 2 N–H and O–H groups in total. The number of carbonyl (C=O) groups is 2. The molecule has 0 bridgehead atoms. The second-order valence-corrected chi connectivity index (χ2v) is 11.7. The first-order valence-electron chi connectivity index (χ1n) is 14.7. The highest BCUT2D eigenvalue weighted by Crippen LogP contribution is 2.43. The number of fused-ring (bicyclic) bond motifs is 2. The second kappa shape index (κ2) is 11.9. The van der Waals surface area contributed by atoms with Crippen LogP contribution in [0.25, 0.3) is 11.1 Å². The van der Waals surface area contributed by atoms with Gasteiger partial charge in [0.2, 0.25) is 5.78 Å². The smallest absolute Gasteiger partial charge is 0.282 e. The first kappa shape index (κ1) is 28.5. The Labute approximate surface area is 241 Å². The van der Waals surface area contributed by atoms with E-state index in [0.717, 1.165) is 22.8 Å². The Balaban J connectivity index is 1.40. The molecule has 1 fully saturated rings. The van der Waals surface area contributed by atoms with Gasteiger partial charge < -0.3 is 10.5 Å². The van der Waals surface area contributed by atoms with Gasteiger partial charge in [-0.15, -0.1) is 0 Å². The number of unbranched alkanes of at least 4 members (excludes halogenated alkanes) is 2. The molecule has 0 atom stereocenters. The SMILES string of the molecule is CCCCCC1CCC(COc2c(C)cc(-c3cc([N+](=O)[O-])c4c(c3N)C(=O)c3ccccc3C4=O)cc2C)CC1. The molecule has 2 aliphatic carbocycles. The third kappa shape index (κ3) is 5.50. The van der Waals surface area contributed by atoms with Gasteiger partial charge in [0.25, 0.3) is 5.69 Å². The van der Waals surface area contributed by atoms with E-state index in [4.69, 9.17) is 10.5 Å². The van der Waals surface area contributed by atoms with Crippen molar-refractivity contribution in [3.63, 3.8) is 0 Å². The molecule has 7 heteroatoms. The molecule has 0 unspecified atom stereocenters. The van der Waals surface area contributed by atoms with E-state index < -0.39 is 22.2 Å². The average molecular weight is 555 g/mol. The summed E-state index contributed by atoms with van der Waals surface area (Å²) in [7, 11) is 0. The number of nitrogen functional groups attached to an aromatic ring is 1. The molecule has 41 heavy (non-hydrogen) atoms. The van der Waals surface area contributed by atoms with E-state index in [2.05, 4.69) is 6.92 Å². The molecule has 1 saturated carbocycles. The summed E-state index contributed by atoms with van der Waals surface area (Å²) in [6.45, 7) is 6.82. The Morgan fingerprint density at radius 2 is 1.46 bits per heavy atom. The number of nitro groups is 1. The molecule has 0 aliphatic heterocycles. The van der Waals surface area contributed by atoms with Gasteiger partial charge in [-0.3, -0.25) is 19.7 Å². The van der Waals surface area contributed by atoms with E-state index in [1.165, 1.54) is 63.5 Å². The highest BCUT2D eigenvalue weighted by molar-refractivity contribution is 6.32. The van der Waals surface area contributed by atoms with Crippen molar-refractivity contribution in [1.29, 1.82) is 0 Å². The van der Waals surface area contributed by atoms with Crippen LogP contribution in [0.3, 0.4) is 0 Å². The van der Waals surface area contributed by atoms with Gasteiger partial charge in [-0.1, -0.05) is 69.7 Å². The number of aryl methyl sites for hydroxylation is 2. The summed E-state index contributed by atoms with van der Waals surface area (Å²) in [6, 6.07) is 11.4. The molecule has 0 heterocycles. The van der Waals surface area contributed by atoms with Gasteiger partial charge in [0, 0.05) is 22.8 Å². The monoisotopic (exact) mass is 554 g/mol. The maximum atomic E-state index is 13.5. The minimum absolute atomic E-state index is 0.0709. The van der Waals surface area contributed by atoms with E-state index in [9.17, 15) is 19.7 Å². The fraction of sp³-hybridized carbons (Fsp3) is 0.412. The van der Waals surface area contributed by atoms with Gasteiger partial charge in [-0.2, -0.15) is 0 Å². The Bertz CT molecular complexity index is 1490. The molecule has 3 aromatic carbocycles. The lowest BCUT2D eigenvalue weighted by atomic mass is 9.80. The van der Waals surface area contributed by atoms with Gasteiger partial charge in [-0.25, -0.2) is 0 Å². The molecule has 3 aromatic rings. The molecule has 5 rings (SSSR count). The third-order valence-electron chi connectivity index (χ3n) is 8.83. The summed E-state index contributed by atoms with van der Waals surface area (Å²) in [5, 5.41) is 12.1. The molecular weight excluding hydrogens is 516 g/mol. The Hall–Kier alpha value is -4.00. The van der Waals surface area contributed by atoms with Gasteiger partial charge in [0.1, 0.15) is 11.3 Å². The molecule has 0 saturated heterocycles. The predicted octanol–water partition coefficient (Wildman–Crippen LogP) is 8.00. The molecule has 2 aliphatic rings. The van der Waals surface area contributed by atoms with E-state index in [-0.39, 0.29) is 27.9 Å². The topological polar surface area (TPSA) is 113 Å². The van der Waals surface area contributed by atoms with Crippen LogP contribution >= 0.6 is 0 Å². The summed E-state index contributed by atoms with van der Waals surface area (Å²) in [4.78, 5) is 38.3. The first-order valence-corrected chi connectivity index (χ1v) is 14.7.